The Morgan fingerprint density at radius 1 is 1.40 bits per heavy atom. The van der Waals surface area contributed by atoms with E-state index in [1.54, 1.807) is 12.2 Å². The van der Waals surface area contributed by atoms with Gasteiger partial charge in [-0.2, -0.15) is 0 Å². The van der Waals surface area contributed by atoms with Gasteiger partial charge in [-0.15, -0.1) is 12.4 Å². The normalized spacial score (nSPS) is 15.8. The number of nitrogens with zero attached hydrogens (tertiary/aromatic N) is 1. The molecule has 0 unspecified atom stereocenters. The average molecular weight is 298 g/mol. The number of ether oxygens (including phenoxy) is 1. The first-order valence-electron chi connectivity index (χ1n) is 6.65. The number of aromatic nitrogens is 1. The fourth-order valence-electron chi connectivity index (χ4n) is 2.39. The van der Waals surface area contributed by atoms with Crippen LogP contribution in [0.3, 0.4) is 0 Å². The van der Waals surface area contributed by atoms with Crippen molar-refractivity contribution in [1.29, 1.82) is 0 Å². The van der Waals surface area contributed by atoms with E-state index in [9.17, 15) is 9.90 Å². The van der Waals surface area contributed by atoms with Crippen molar-refractivity contribution in [2.75, 3.05) is 7.11 Å². The standard InChI is InChI=1S/C15H19NO3.ClH/c1-19-15-10-16-12(9-14(15)18)7-8-13(17)11-5-3-2-4-6-11;/h7-11H,2-6H2,1H3,(H,16,18);1H/b8-7+;. The molecule has 2 rings (SSSR count). The molecule has 1 N–H and O–H groups in total. The van der Waals surface area contributed by atoms with Crippen LogP contribution in [-0.2, 0) is 4.79 Å². The third kappa shape index (κ3) is 4.23. The molecule has 4 nitrogen and oxygen atoms in total. The van der Waals surface area contributed by atoms with Gasteiger partial charge in [0.05, 0.1) is 19.0 Å². The summed E-state index contributed by atoms with van der Waals surface area (Å²) in [5, 5.41) is 9.62. The topological polar surface area (TPSA) is 59.4 Å². The molecule has 1 fully saturated rings. The van der Waals surface area contributed by atoms with Crippen LogP contribution in [0, 0.1) is 5.92 Å². The number of rotatable bonds is 4. The molecule has 1 aliphatic rings. The van der Waals surface area contributed by atoms with E-state index in [1.807, 2.05) is 0 Å². The Bertz CT molecular complexity index is 482. The van der Waals surface area contributed by atoms with Crippen LogP contribution in [-0.4, -0.2) is 23.0 Å². The van der Waals surface area contributed by atoms with Crippen molar-refractivity contribution in [3.05, 3.63) is 24.0 Å². The number of hydrogen-bond acceptors (Lipinski definition) is 4. The van der Waals surface area contributed by atoms with Crippen molar-refractivity contribution in [3.8, 4) is 11.5 Å². The van der Waals surface area contributed by atoms with E-state index in [1.165, 1.54) is 25.8 Å². The molecule has 0 saturated heterocycles. The lowest BCUT2D eigenvalue weighted by Gasteiger charge is -2.18. The van der Waals surface area contributed by atoms with E-state index in [4.69, 9.17) is 4.74 Å². The molecule has 0 atom stereocenters. The van der Waals surface area contributed by atoms with Crippen LogP contribution in [0.1, 0.15) is 37.8 Å². The molecule has 5 heteroatoms. The summed E-state index contributed by atoms with van der Waals surface area (Å²) in [6.45, 7) is 0. The van der Waals surface area contributed by atoms with Crippen molar-refractivity contribution in [2.45, 2.75) is 32.1 Å². The maximum atomic E-state index is 12.0. The van der Waals surface area contributed by atoms with Gasteiger partial charge in [0.15, 0.2) is 17.3 Å². The number of carbonyl (C=O) groups is 1. The summed E-state index contributed by atoms with van der Waals surface area (Å²) in [5.41, 5.74) is 0.558. The molecule has 1 heterocycles. The zero-order valence-electron chi connectivity index (χ0n) is 11.5. The summed E-state index contributed by atoms with van der Waals surface area (Å²) < 4.78 is 4.92. The predicted octanol–water partition coefficient (Wildman–Crippen LogP) is 3.38. The van der Waals surface area contributed by atoms with Crippen LogP contribution in [0.2, 0.25) is 0 Å². The predicted molar refractivity (Wildman–Crippen MR) is 80.3 cm³/mol. The van der Waals surface area contributed by atoms with Gasteiger partial charge in [-0.1, -0.05) is 19.3 Å². The van der Waals surface area contributed by atoms with Gasteiger partial charge in [0.2, 0.25) is 0 Å². The van der Waals surface area contributed by atoms with E-state index in [0.717, 1.165) is 25.7 Å². The van der Waals surface area contributed by atoms with E-state index >= 15 is 0 Å². The van der Waals surface area contributed by atoms with Gasteiger partial charge in [-0.3, -0.25) is 9.78 Å². The summed E-state index contributed by atoms with van der Waals surface area (Å²) in [4.78, 5) is 16.1. The number of methoxy groups -OCH3 is 1. The Morgan fingerprint density at radius 2 is 2.10 bits per heavy atom. The minimum atomic E-state index is 0. The zero-order valence-corrected chi connectivity index (χ0v) is 12.4. The lowest BCUT2D eigenvalue weighted by atomic mass is 9.86. The largest absolute Gasteiger partial charge is 0.504 e. The zero-order chi connectivity index (χ0) is 13.7. The molecule has 110 valence electrons. The molecule has 1 aliphatic carbocycles. The highest BCUT2D eigenvalue weighted by Crippen LogP contribution is 2.26. The Morgan fingerprint density at radius 3 is 2.70 bits per heavy atom. The van der Waals surface area contributed by atoms with E-state index < -0.39 is 0 Å². The molecule has 0 aromatic carbocycles. The second kappa shape index (κ2) is 7.90. The molecule has 0 radical (unpaired) electrons. The van der Waals surface area contributed by atoms with Crippen LogP contribution >= 0.6 is 12.4 Å². The average Bonchev–Trinajstić information content (AvgIpc) is 2.46. The third-order valence-electron chi connectivity index (χ3n) is 3.51. The van der Waals surface area contributed by atoms with Crippen LogP contribution in [0.4, 0.5) is 0 Å². The highest BCUT2D eigenvalue weighted by Gasteiger charge is 2.18. The SMILES string of the molecule is COc1cnc(/C=C/C(=O)C2CCCCC2)cc1O.Cl. The highest BCUT2D eigenvalue weighted by atomic mass is 35.5. The summed E-state index contributed by atoms with van der Waals surface area (Å²) >= 11 is 0. The molecule has 0 aliphatic heterocycles. The highest BCUT2D eigenvalue weighted by molar-refractivity contribution is 5.95. The fourth-order valence-corrected chi connectivity index (χ4v) is 2.39. The molecule has 0 bridgehead atoms. The summed E-state index contributed by atoms with van der Waals surface area (Å²) in [6.07, 6.45) is 10.2. The smallest absolute Gasteiger partial charge is 0.178 e. The van der Waals surface area contributed by atoms with Crippen molar-refractivity contribution in [3.63, 3.8) is 0 Å². The van der Waals surface area contributed by atoms with Gasteiger partial charge in [0, 0.05) is 12.0 Å². The molecular weight excluding hydrogens is 278 g/mol. The van der Waals surface area contributed by atoms with Gasteiger partial charge >= 0.3 is 0 Å². The molecule has 1 aromatic heterocycles. The first-order chi connectivity index (χ1) is 9.20. The number of ketones is 1. The van der Waals surface area contributed by atoms with Gasteiger partial charge < -0.3 is 9.84 Å². The van der Waals surface area contributed by atoms with E-state index in [0.29, 0.717) is 11.4 Å². The number of aromatic hydroxyl groups is 1. The first-order valence-corrected chi connectivity index (χ1v) is 6.65. The Hall–Kier alpha value is -1.55. The fraction of sp³-hybridized carbons (Fsp3) is 0.467. The third-order valence-corrected chi connectivity index (χ3v) is 3.51. The molecule has 0 spiro atoms. The lowest BCUT2D eigenvalue weighted by Crippen LogP contribution is -2.15. The van der Waals surface area contributed by atoms with Gasteiger partial charge in [0.25, 0.3) is 0 Å². The van der Waals surface area contributed by atoms with Crippen molar-refractivity contribution in [1.82, 2.24) is 4.98 Å². The number of carbonyl (C=O) groups excluding carboxylic acids is 1. The minimum absolute atomic E-state index is 0. The maximum Gasteiger partial charge on any atom is 0.178 e. The monoisotopic (exact) mass is 297 g/mol. The van der Waals surface area contributed by atoms with Crippen LogP contribution in [0.5, 0.6) is 11.5 Å². The summed E-state index contributed by atoms with van der Waals surface area (Å²) in [7, 11) is 1.47. The van der Waals surface area contributed by atoms with Crippen molar-refractivity contribution in [2.24, 2.45) is 5.92 Å². The van der Waals surface area contributed by atoms with Gasteiger partial charge in [-0.05, 0) is 25.0 Å². The van der Waals surface area contributed by atoms with Crippen molar-refractivity contribution >= 4 is 24.3 Å². The number of allylic oxidation sites excluding steroid dienone is 1. The van der Waals surface area contributed by atoms with E-state index in [2.05, 4.69) is 4.98 Å². The van der Waals surface area contributed by atoms with Gasteiger partial charge in [0.1, 0.15) is 0 Å². The van der Waals surface area contributed by atoms with E-state index in [-0.39, 0.29) is 29.9 Å². The van der Waals surface area contributed by atoms with Crippen molar-refractivity contribution < 1.29 is 14.6 Å². The minimum Gasteiger partial charge on any atom is -0.504 e. The van der Waals surface area contributed by atoms with Crippen LogP contribution in [0.25, 0.3) is 6.08 Å². The Labute approximate surface area is 125 Å². The second-order valence-corrected chi connectivity index (χ2v) is 4.85. The molecule has 1 saturated carbocycles. The maximum absolute atomic E-state index is 12.0. The lowest BCUT2D eigenvalue weighted by molar-refractivity contribution is -0.119. The Balaban J connectivity index is 0.00000200. The van der Waals surface area contributed by atoms with Crippen LogP contribution < -0.4 is 4.74 Å². The number of pyridine rings is 1. The quantitative estimate of drug-likeness (QED) is 0.866. The molecular formula is C15H20ClNO3. The van der Waals surface area contributed by atoms with Crippen LogP contribution in [0.15, 0.2) is 18.3 Å². The summed E-state index contributed by atoms with van der Waals surface area (Å²) in [6, 6.07) is 1.49. The van der Waals surface area contributed by atoms with Gasteiger partial charge in [-0.25, -0.2) is 0 Å². The Kier molecular flexibility index (Phi) is 6.52. The summed E-state index contributed by atoms with van der Waals surface area (Å²) in [5.74, 6) is 0.687. The first kappa shape index (κ1) is 16.5. The molecule has 20 heavy (non-hydrogen) atoms. The number of halogens is 1. The number of hydrogen-bond donors (Lipinski definition) is 1. The molecule has 1 aromatic rings. The molecule has 0 amide bonds. The second-order valence-electron chi connectivity index (χ2n) is 4.85.